The van der Waals surface area contributed by atoms with Crippen LogP contribution < -0.4 is 0 Å². The largest absolute Gasteiger partial charge is 0.478 e. The average Bonchev–Trinajstić information content (AvgIpc) is 2.96. The van der Waals surface area contributed by atoms with Crippen molar-refractivity contribution in [2.45, 2.75) is 0 Å². The van der Waals surface area contributed by atoms with Gasteiger partial charge in [0.2, 0.25) is 0 Å². The second kappa shape index (κ2) is 4.88. The van der Waals surface area contributed by atoms with E-state index in [9.17, 15) is 9.18 Å². The predicted molar refractivity (Wildman–Crippen MR) is 81.7 cm³/mol. The Bertz CT molecular complexity index is 1070. The number of halogens is 1. The van der Waals surface area contributed by atoms with Crippen molar-refractivity contribution < 1.29 is 18.7 Å². The SMILES string of the molecule is O=C(O)c1ccc2nc(-c3cc4cc(F)ccc4o3)cnc2c1. The molecule has 0 radical (unpaired) electrons. The van der Waals surface area contributed by atoms with Gasteiger partial charge >= 0.3 is 5.97 Å². The van der Waals surface area contributed by atoms with Gasteiger partial charge in [-0.2, -0.15) is 0 Å². The van der Waals surface area contributed by atoms with E-state index >= 15 is 0 Å². The van der Waals surface area contributed by atoms with E-state index in [4.69, 9.17) is 9.52 Å². The van der Waals surface area contributed by atoms with Gasteiger partial charge in [0.1, 0.15) is 17.1 Å². The lowest BCUT2D eigenvalue weighted by Crippen LogP contribution is -1.97. The highest BCUT2D eigenvalue weighted by Crippen LogP contribution is 2.27. The molecule has 5 nitrogen and oxygen atoms in total. The molecule has 0 fully saturated rings. The Morgan fingerprint density at radius 2 is 1.96 bits per heavy atom. The third-order valence-corrected chi connectivity index (χ3v) is 3.52. The number of fused-ring (bicyclic) bond motifs is 2. The number of carboxylic acid groups (broad SMARTS) is 1. The third kappa shape index (κ3) is 2.30. The summed E-state index contributed by atoms with van der Waals surface area (Å²) >= 11 is 0. The minimum Gasteiger partial charge on any atom is -0.478 e. The number of rotatable bonds is 2. The van der Waals surface area contributed by atoms with Gasteiger partial charge in [0.25, 0.3) is 0 Å². The summed E-state index contributed by atoms with van der Waals surface area (Å²) in [6.45, 7) is 0. The first-order chi connectivity index (χ1) is 11.1. The quantitative estimate of drug-likeness (QED) is 0.608. The van der Waals surface area contributed by atoms with E-state index in [-0.39, 0.29) is 11.4 Å². The standard InChI is InChI=1S/C17H9FN2O3/c18-11-2-4-15-10(5-11)7-16(23-15)14-8-19-13-6-9(17(21)22)1-3-12(13)20-14/h1-8H,(H,21,22). The molecular formula is C17H9FN2O3. The van der Waals surface area contributed by atoms with Crippen molar-refractivity contribution in [3.8, 4) is 11.5 Å². The molecule has 0 aliphatic carbocycles. The normalized spacial score (nSPS) is 11.2. The predicted octanol–water partition coefficient (Wildman–Crippen LogP) is 3.88. The van der Waals surface area contributed by atoms with Crippen LogP contribution in [0.5, 0.6) is 0 Å². The van der Waals surface area contributed by atoms with Gasteiger partial charge in [-0.15, -0.1) is 0 Å². The van der Waals surface area contributed by atoms with E-state index in [0.29, 0.717) is 33.5 Å². The molecule has 2 aromatic heterocycles. The first-order valence-corrected chi connectivity index (χ1v) is 6.80. The van der Waals surface area contributed by atoms with Crippen LogP contribution in [0.1, 0.15) is 10.4 Å². The van der Waals surface area contributed by atoms with Crippen LogP contribution in [0.15, 0.2) is 53.1 Å². The third-order valence-electron chi connectivity index (χ3n) is 3.52. The number of hydrogen-bond acceptors (Lipinski definition) is 4. The lowest BCUT2D eigenvalue weighted by molar-refractivity contribution is 0.0697. The van der Waals surface area contributed by atoms with Gasteiger partial charge in [0.15, 0.2) is 5.76 Å². The molecule has 0 bridgehead atoms. The second-order valence-corrected chi connectivity index (χ2v) is 5.06. The van der Waals surface area contributed by atoms with Crippen molar-refractivity contribution in [1.82, 2.24) is 9.97 Å². The lowest BCUT2D eigenvalue weighted by atomic mass is 10.2. The fraction of sp³-hybridized carbons (Fsp3) is 0. The molecule has 0 saturated carbocycles. The van der Waals surface area contributed by atoms with Crippen LogP contribution in [-0.4, -0.2) is 21.0 Å². The van der Waals surface area contributed by atoms with E-state index < -0.39 is 5.97 Å². The summed E-state index contributed by atoms with van der Waals surface area (Å²) in [5, 5.41) is 9.63. The van der Waals surface area contributed by atoms with Crippen LogP contribution in [0.2, 0.25) is 0 Å². The monoisotopic (exact) mass is 308 g/mol. The van der Waals surface area contributed by atoms with Gasteiger partial charge in [-0.1, -0.05) is 0 Å². The first-order valence-electron chi connectivity index (χ1n) is 6.80. The van der Waals surface area contributed by atoms with E-state index in [0.717, 1.165) is 0 Å². The maximum atomic E-state index is 13.2. The van der Waals surface area contributed by atoms with Crippen molar-refractivity contribution in [2.24, 2.45) is 0 Å². The van der Waals surface area contributed by atoms with Crippen LogP contribution >= 0.6 is 0 Å². The minimum atomic E-state index is -1.02. The van der Waals surface area contributed by atoms with Crippen molar-refractivity contribution >= 4 is 28.0 Å². The number of hydrogen-bond donors (Lipinski definition) is 1. The molecular weight excluding hydrogens is 299 g/mol. The molecule has 4 aromatic rings. The number of aromatic nitrogens is 2. The Labute approximate surface area is 129 Å². The Morgan fingerprint density at radius 1 is 1.09 bits per heavy atom. The molecule has 0 unspecified atom stereocenters. The van der Waals surface area contributed by atoms with Gasteiger partial charge in [-0.3, -0.25) is 4.98 Å². The van der Waals surface area contributed by atoms with Crippen LogP contribution in [-0.2, 0) is 0 Å². The van der Waals surface area contributed by atoms with E-state index in [1.54, 1.807) is 18.2 Å². The molecule has 0 atom stereocenters. The van der Waals surface area contributed by atoms with Crippen molar-refractivity contribution in [3.63, 3.8) is 0 Å². The van der Waals surface area contributed by atoms with Gasteiger partial charge in [-0.05, 0) is 42.5 Å². The molecule has 0 spiro atoms. The maximum Gasteiger partial charge on any atom is 0.335 e. The highest BCUT2D eigenvalue weighted by Gasteiger charge is 2.11. The zero-order chi connectivity index (χ0) is 16.0. The van der Waals surface area contributed by atoms with Crippen LogP contribution in [0, 0.1) is 5.82 Å². The number of nitrogens with zero attached hydrogens (tertiary/aromatic N) is 2. The van der Waals surface area contributed by atoms with Crippen LogP contribution in [0.4, 0.5) is 4.39 Å². The molecule has 1 N–H and O–H groups in total. The van der Waals surface area contributed by atoms with E-state index in [1.807, 2.05) is 0 Å². The maximum absolute atomic E-state index is 13.2. The zero-order valence-corrected chi connectivity index (χ0v) is 11.7. The molecule has 112 valence electrons. The van der Waals surface area contributed by atoms with Gasteiger partial charge < -0.3 is 9.52 Å². The molecule has 6 heteroatoms. The number of carboxylic acids is 1. The molecule has 23 heavy (non-hydrogen) atoms. The molecule has 2 heterocycles. The van der Waals surface area contributed by atoms with Crippen molar-refractivity contribution in [1.29, 1.82) is 0 Å². The number of aromatic carboxylic acids is 1. The fourth-order valence-electron chi connectivity index (χ4n) is 2.40. The first kappa shape index (κ1) is 13.4. The molecule has 0 amide bonds. The van der Waals surface area contributed by atoms with Crippen LogP contribution in [0.3, 0.4) is 0 Å². The van der Waals surface area contributed by atoms with Crippen molar-refractivity contribution in [2.75, 3.05) is 0 Å². The van der Waals surface area contributed by atoms with Gasteiger partial charge in [-0.25, -0.2) is 14.2 Å². The summed E-state index contributed by atoms with van der Waals surface area (Å²) in [6, 6.07) is 10.5. The molecule has 2 aromatic carbocycles. The summed E-state index contributed by atoms with van der Waals surface area (Å²) in [7, 11) is 0. The molecule has 0 saturated heterocycles. The van der Waals surface area contributed by atoms with Crippen LogP contribution in [0.25, 0.3) is 33.5 Å². The number of carbonyl (C=O) groups is 1. The summed E-state index contributed by atoms with van der Waals surface area (Å²) in [5.74, 6) is -0.880. The Morgan fingerprint density at radius 3 is 2.78 bits per heavy atom. The highest BCUT2D eigenvalue weighted by molar-refractivity contribution is 5.92. The van der Waals surface area contributed by atoms with Gasteiger partial charge in [0, 0.05) is 5.39 Å². The average molecular weight is 308 g/mol. The summed E-state index contributed by atoms with van der Waals surface area (Å²) in [5.41, 5.74) is 2.25. The number of furan rings is 1. The van der Waals surface area contributed by atoms with Crippen molar-refractivity contribution in [3.05, 3.63) is 60.0 Å². The Balaban J connectivity index is 1.84. The molecule has 0 aliphatic heterocycles. The Hall–Kier alpha value is -3.28. The highest BCUT2D eigenvalue weighted by atomic mass is 19.1. The fourth-order valence-corrected chi connectivity index (χ4v) is 2.40. The Kier molecular flexibility index (Phi) is 2.84. The van der Waals surface area contributed by atoms with E-state index in [1.165, 1.54) is 30.5 Å². The topological polar surface area (TPSA) is 76.2 Å². The number of benzene rings is 2. The van der Waals surface area contributed by atoms with E-state index in [2.05, 4.69) is 9.97 Å². The molecule has 4 rings (SSSR count). The summed E-state index contributed by atoms with van der Waals surface area (Å²) in [6.07, 6.45) is 1.50. The summed E-state index contributed by atoms with van der Waals surface area (Å²) < 4.78 is 18.9. The summed E-state index contributed by atoms with van der Waals surface area (Å²) in [4.78, 5) is 19.6. The van der Waals surface area contributed by atoms with Gasteiger partial charge in [0.05, 0.1) is 22.8 Å². The molecule has 0 aliphatic rings. The lowest BCUT2D eigenvalue weighted by Gasteiger charge is -2.01. The zero-order valence-electron chi connectivity index (χ0n) is 11.7. The smallest absolute Gasteiger partial charge is 0.335 e. The minimum absolute atomic E-state index is 0.152. The second-order valence-electron chi connectivity index (χ2n) is 5.06.